The van der Waals surface area contributed by atoms with E-state index in [9.17, 15) is 10.1 Å². The predicted molar refractivity (Wildman–Crippen MR) is 69.8 cm³/mol. The molecule has 0 saturated heterocycles. The Morgan fingerprint density at radius 3 is 2.89 bits per heavy atom. The first kappa shape index (κ1) is 14.9. The van der Waals surface area contributed by atoms with Gasteiger partial charge in [0.25, 0.3) is 0 Å². The lowest BCUT2D eigenvalue weighted by atomic mass is 10.3. The smallest absolute Gasteiger partial charge is 0.305 e. The Labute approximate surface area is 111 Å². The number of aromatic nitrogens is 1. The molecular formula is C12H16N4O3. The molecule has 1 N–H and O–H groups in total. The average molecular weight is 264 g/mol. The molecule has 0 aliphatic carbocycles. The van der Waals surface area contributed by atoms with Crippen molar-refractivity contribution < 1.29 is 9.66 Å². The van der Waals surface area contributed by atoms with Crippen molar-refractivity contribution in [1.82, 2.24) is 4.98 Å². The highest BCUT2D eigenvalue weighted by Gasteiger charge is 2.15. The van der Waals surface area contributed by atoms with Gasteiger partial charge >= 0.3 is 5.69 Å². The van der Waals surface area contributed by atoms with Crippen molar-refractivity contribution in [2.75, 3.05) is 18.5 Å². The van der Waals surface area contributed by atoms with Crippen molar-refractivity contribution >= 4 is 11.5 Å². The predicted octanol–water partition coefficient (Wildman–Crippen LogP) is 2.09. The van der Waals surface area contributed by atoms with Gasteiger partial charge in [0.15, 0.2) is 0 Å². The Morgan fingerprint density at radius 2 is 2.32 bits per heavy atom. The van der Waals surface area contributed by atoms with Gasteiger partial charge in [0.1, 0.15) is 11.9 Å². The largest absolute Gasteiger partial charge is 0.379 e. The van der Waals surface area contributed by atoms with Crippen molar-refractivity contribution in [1.29, 1.82) is 5.26 Å². The number of pyridine rings is 1. The van der Waals surface area contributed by atoms with Gasteiger partial charge in [-0.25, -0.2) is 4.98 Å². The zero-order valence-electron chi connectivity index (χ0n) is 10.9. The van der Waals surface area contributed by atoms with Crippen LogP contribution in [0.1, 0.15) is 26.0 Å². The Bertz CT molecular complexity index is 482. The summed E-state index contributed by atoms with van der Waals surface area (Å²) in [6.45, 7) is 5.18. The summed E-state index contributed by atoms with van der Waals surface area (Å²) in [5, 5.41) is 22.4. The molecular weight excluding hydrogens is 248 g/mol. The highest BCUT2D eigenvalue weighted by Crippen LogP contribution is 2.17. The highest BCUT2D eigenvalue weighted by atomic mass is 16.6. The van der Waals surface area contributed by atoms with Crippen LogP contribution in [0.3, 0.4) is 0 Å². The van der Waals surface area contributed by atoms with Gasteiger partial charge in [-0.15, -0.1) is 0 Å². The monoisotopic (exact) mass is 264 g/mol. The van der Waals surface area contributed by atoms with Crippen LogP contribution in [0.25, 0.3) is 0 Å². The number of rotatable bonds is 7. The summed E-state index contributed by atoms with van der Waals surface area (Å²) in [6, 6.07) is 4.48. The second-order valence-corrected chi connectivity index (χ2v) is 4.13. The molecule has 0 atom stereocenters. The van der Waals surface area contributed by atoms with E-state index in [1.54, 1.807) is 6.07 Å². The molecule has 7 heteroatoms. The fourth-order valence-electron chi connectivity index (χ4n) is 1.39. The summed E-state index contributed by atoms with van der Waals surface area (Å²) < 4.78 is 5.37. The van der Waals surface area contributed by atoms with Crippen LogP contribution in [0.15, 0.2) is 12.1 Å². The van der Waals surface area contributed by atoms with Gasteiger partial charge in [0.05, 0.1) is 11.0 Å². The molecule has 0 unspecified atom stereocenters. The maximum absolute atomic E-state index is 10.6. The van der Waals surface area contributed by atoms with Crippen LogP contribution < -0.4 is 5.32 Å². The molecule has 1 rings (SSSR count). The first-order chi connectivity index (χ1) is 9.04. The second kappa shape index (κ2) is 7.28. The van der Waals surface area contributed by atoms with Crippen LogP contribution in [0.4, 0.5) is 11.5 Å². The minimum atomic E-state index is -0.619. The zero-order valence-corrected chi connectivity index (χ0v) is 10.9. The first-order valence-corrected chi connectivity index (χ1v) is 5.95. The number of nitrogens with one attached hydrogen (secondary N) is 1. The van der Waals surface area contributed by atoms with Crippen LogP contribution in [-0.2, 0) is 4.74 Å². The number of nitriles is 1. The number of hydrogen-bond donors (Lipinski definition) is 1. The highest BCUT2D eigenvalue weighted by molar-refractivity contribution is 5.50. The maximum Gasteiger partial charge on any atom is 0.305 e. The lowest BCUT2D eigenvalue weighted by Gasteiger charge is -2.08. The van der Waals surface area contributed by atoms with E-state index in [4.69, 9.17) is 10.00 Å². The van der Waals surface area contributed by atoms with Crippen LogP contribution >= 0.6 is 0 Å². The summed E-state index contributed by atoms with van der Waals surface area (Å²) in [5.41, 5.74) is -0.468. The summed E-state index contributed by atoms with van der Waals surface area (Å²) >= 11 is 0. The number of nitro groups is 1. The molecule has 0 aliphatic heterocycles. The van der Waals surface area contributed by atoms with Gasteiger partial charge < -0.3 is 10.1 Å². The number of nitrogens with zero attached hydrogens (tertiary/aromatic N) is 3. The minimum Gasteiger partial charge on any atom is -0.379 e. The van der Waals surface area contributed by atoms with Crippen molar-refractivity contribution in [2.24, 2.45) is 0 Å². The molecule has 0 aromatic carbocycles. The zero-order chi connectivity index (χ0) is 14.3. The molecule has 1 aromatic heterocycles. The fraction of sp³-hybridized carbons (Fsp3) is 0.500. The van der Waals surface area contributed by atoms with Gasteiger partial charge in [-0.1, -0.05) is 0 Å². The van der Waals surface area contributed by atoms with Crippen LogP contribution in [0.2, 0.25) is 0 Å². The average Bonchev–Trinajstić information content (AvgIpc) is 2.37. The van der Waals surface area contributed by atoms with Gasteiger partial charge in [-0.2, -0.15) is 5.26 Å². The molecule has 19 heavy (non-hydrogen) atoms. The molecule has 0 radical (unpaired) electrons. The Balaban J connectivity index is 2.52. The number of hydrogen-bond acceptors (Lipinski definition) is 6. The Hall–Kier alpha value is -2.20. The standard InChI is InChI=1S/C12H16N4O3/c1-9(2)19-7-3-6-14-12-5-4-11(16(17)18)10(8-13)15-12/h4-5,9H,3,6-7H2,1-2H3,(H,14,15). The van der Waals surface area contributed by atoms with Gasteiger partial charge in [-0.3, -0.25) is 10.1 Å². The Kier molecular flexibility index (Phi) is 5.70. The van der Waals surface area contributed by atoms with E-state index in [1.165, 1.54) is 12.1 Å². The molecule has 0 aliphatic rings. The summed E-state index contributed by atoms with van der Waals surface area (Å²) in [5.74, 6) is 0.451. The summed E-state index contributed by atoms with van der Waals surface area (Å²) in [7, 11) is 0. The number of ether oxygens (including phenoxy) is 1. The first-order valence-electron chi connectivity index (χ1n) is 5.95. The van der Waals surface area contributed by atoms with Gasteiger partial charge in [0.2, 0.25) is 5.69 Å². The fourth-order valence-corrected chi connectivity index (χ4v) is 1.39. The molecule has 0 amide bonds. The SMILES string of the molecule is CC(C)OCCCNc1ccc([N+](=O)[O-])c(C#N)n1. The third-order valence-corrected chi connectivity index (χ3v) is 2.25. The third kappa shape index (κ3) is 4.89. The van der Waals surface area contributed by atoms with Crippen LogP contribution in [-0.4, -0.2) is 29.2 Å². The van der Waals surface area contributed by atoms with E-state index in [1.807, 2.05) is 13.8 Å². The normalized spacial score (nSPS) is 10.2. The molecule has 0 fully saturated rings. The quantitative estimate of drug-likeness (QED) is 0.459. The van der Waals surface area contributed by atoms with Crippen molar-refractivity contribution in [3.63, 3.8) is 0 Å². The van der Waals surface area contributed by atoms with E-state index >= 15 is 0 Å². The van der Waals surface area contributed by atoms with E-state index in [-0.39, 0.29) is 17.5 Å². The molecule has 0 bridgehead atoms. The third-order valence-electron chi connectivity index (χ3n) is 2.25. The molecule has 0 saturated carbocycles. The molecule has 7 nitrogen and oxygen atoms in total. The lowest BCUT2D eigenvalue weighted by molar-refractivity contribution is -0.385. The van der Waals surface area contributed by atoms with Gasteiger partial charge in [0, 0.05) is 19.2 Å². The summed E-state index contributed by atoms with van der Waals surface area (Å²) in [4.78, 5) is 13.9. The lowest BCUT2D eigenvalue weighted by Crippen LogP contribution is -2.10. The number of anilines is 1. The van der Waals surface area contributed by atoms with E-state index in [2.05, 4.69) is 10.3 Å². The summed E-state index contributed by atoms with van der Waals surface area (Å²) in [6.07, 6.45) is 0.987. The topological polar surface area (TPSA) is 101 Å². The van der Waals surface area contributed by atoms with E-state index in [0.717, 1.165) is 6.42 Å². The molecule has 102 valence electrons. The van der Waals surface area contributed by atoms with Crippen LogP contribution in [0, 0.1) is 21.4 Å². The maximum atomic E-state index is 10.6. The van der Waals surface area contributed by atoms with Crippen molar-refractivity contribution in [2.45, 2.75) is 26.4 Å². The van der Waals surface area contributed by atoms with Crippen molar-refractivity contribution in [3.8, 4) is 6.07 Å². The van der Waals surface area contributed by atoms with Crippen LogP contribution in [0.5, 0.6) is 0 Å². The molecule has 1 aromatic rings. The van der Waals surface area contributed by atoms with E-state index in [0.29, 0.717) is 19.0 Å². The Morgan fingerprint density at radius 1 is 1.58 bits per heavy atom. The van der Waals surface area contributed by atoms with Crippen molar-refractivity contribution in [3.05, 3.63) is 27.9 Å². The minimum absolute atomic E-state index is 0.187. The molecule has 1 heterocycles. The second-order valence-electron chi connectivity index (χ2n) is 4.13. The van der Waals surface area contributed by atoms with Gasteiger partial charge in [-0.05, 0) is 26.3 Å². The van der Waals surface area contributed by atoms with E-state index < -0.39 is 4.92 Å². The molecule has 0 spiro atoms.